The Labute approximate surface area is 123 Å². The minimum absolute atomic E-state index is 0.0905. The first-order chi connectivity index (χ1) is 10.1. The van der Waals surface area contributed by atoms with E-state index in [1.165, 1.54) is 17.4 Å². The molecule has 0 saturated heterocycles. The molecule has 0 aliphatic rings. The lowest BCUT2D eigenvalue weighted by Crippen LogP contribution is -2.21. The number of nitrogens with zero attached hydrogens (tertiary/aromatic N) is 2. The van der Waals surface area contributed by atoms with Crippen molar-refractivity contribution in [2.24, 2.45) is 0 Å². The average Bonchev–Trinajstić information content (AvgIpc) is 3.04. The summed E-state index contributed by atoms with van der Waals surface area (Å²) in [6, 6.07) is 1.71. The Hall–Kier alpha value is -1.86. The molecule has 3 rings (SSSR count). The van der Waals surface area contributed by atoms with Crippen LogP contribution in [0.2, 0.25) is 0 Å². The summed E-state index contributed by atoms with van der Waals surface area (Å²) in [5.74, 6) is -3.79. The van der Waals surface area contributed by atoms with Crippen molar-refractivity contribution in [1.82, 2.24) is 14.7 Å². The van der Waals surface area contributed by atoms with Crippen molar-refractivity contribution in [1.29, 1.82) is 0 Å². The van der Waals surface area contributed by atoms with Gasteiger partial charge in [0.2, 0.25) is 0 Å². The molecule has 1 unspecified atom stereocenters. The molecule has 3 aromatic rings. The third-order valence-corrected chi connectivity index (χ3v) is 4.12. The summed E-state index contributed by atoms with van der Waals surface area (Å²) >= 11 is 1.49. The Morgan fingerprint density at radius 1 is 1.29 bits per heavy atom. The lowest BCUT2D eigenvalue weighted by atomic mass is 10.0. The molecule has 1 N–H and O–H groups in total. The Kier molecular flexibility index (Phi) is 3.69. The summed E-state index contributed by atoms with van der Waals surface area (Å²) in [4.78, 5) is 5.25. The molecular formula is C14H12F3N3S. The normalized spacial score (nSPS) is 13.0. The van der Waals surface area contributed by atoms with E-state index in [0.29, 0.717) is 6.42 Å². The number of thiazole rings is 1. The van der Waals surface area contributed by atoms with E-state index in [9.17, 15) is 13.2 Å². The molecule has 2 heterocycles. The standard InChI is InChI=1S/C14H12F3N3S/c1-18-11(9-2-3-10(15)13(17)12(9)16)6-8-7-20-4-5-21-14(20)19-8/h2-5,7,11,18H,6H2,1H3. The van der Waals surface area contributed by atoms with E-state index in [-0.39, 0.29) is 5.56 Å². The highest BCUT2D eigenvalue weighted by atomic mass is 32.1. The number of fused-ring (bicyclic) bond motifs is 1. The summed E-state index contributed by atoms with van der Waals surface area (Å²) < 4.78 is 42.1. The largest absolute Gasteiger partial charge is 0.313 e. The van der Waals surface area contributed by atoms with Gasteiger partial charge >= 0.3 is 0 Å². The van der Waals surface area contributed by atoms with Crippen molar-refractivity contribution < 1.29 is 13.2 Å². The highest BCUT2D eigenvalue weighted by molar-refractivity contribution is 7.15. The zero-order valence-corrected chi connectivity index (χ0v) is 11.9. The fourth-order valence-corrected chi connectivity index (χ4v) is 2.98. The molecule has 7 heteroatoms. The van der Waals surface area contributed by atoms with Crippen LogP contribution >= 0.6 is 11.3 Å². The number of hydrogen-bond donors (Lipinski definition) is 1. The molecule has 0 radical (unpaired) electrons. The molecule has 0 aliphatic heterocycles. The van der Waals surface area contributed by atoms with Crippen LogP contribution in [0.25, 0.3) is 4.96 Å². The highest BCUT2D eigenvalue weighted by Crippen LogP contribution is 2.24. The molecule has 0 bridgehead atoms. The number of hydrogen-bond acceptors (Lipinski definition) is 3. The quantitative estimate of drug-likeness (QED) is 0.749. The topological polar surface area (TPSA) is 29.3 Å². The summed E-state index contributed by atoms with van der Waals surface area (Å²) in [6.45, 7) is 0. The van der Waals surface area contributed by atoms with Gasteiger partial charge in [0.1, 0.15) is 0 Å². The third kappa shape index (κ3) is 2.54. The van der Waals surface area contributed by atoms with Crippen molar-refractivity contribution in [3.63, 3.8) is 0 Å². The van der Waals surface area contributed by atoms with E-state index < -0.39 is 23.5 Å². The first kappa shape index (κ1) is 14.1. The summed E-state index contributed by atoms with van der Waals surface area (Å²) in [5.41, 5.74) is 0.845. The molecule has 0 saturated carbocycles. The van der Waals surface area contributed by atoms with E-state index in [1.54, 1.807) is 7.05 Å². The first-order valence-electron chi connectivity index (χ1n) is 6.32. The van der Waals surface area contributed by atoms with Crippen LogP contribution in [0.15, 0.2) is 29.9 Å². The highest BCUT2D eigenvalue weighted by Gasteiger charge is 2.21. The lowest BCUT2D eigenvalue weighted by molar-refractivity contribution is 0.428. The molecule has 21 heavy (non-hydrogen) atoms. The van der Waals surface area contributed by atoms with E-state index in [1.807, 2.05) is 22.2 Å². The molecule has 0 amide bonds. The van der Waals surface area contributed by atoms with Crippen LogP contribution in [0, 0.1) is 17.5 Å². The van der Waals surface area contributed by atoms with Crippen LogP contribution in [0.3, 0.4) is 0 Å². The number of halogens is 3. The molecule has 2 aromatic heterocycles. The molecule has 0 fully saturated rings. The molecule has 1 atom stereocenters. The van der Waals surface area contributed by atoms with E-state index in [4.69, 9.17) is 0 Å². The van der Waals surface area contributed by atoms with Crippen molar-refractivity contribution in [3.8, 4) is 0 Å². The number of benzene rings is 1. The minimum Gasteiger partial charge on any atom is -0.313 e. The van der Waals surface area contributed by atoms with Gasteiger partial charge in [0.15, 0.2) is 22.4 Å². The number of imidazole rings is 1. The molecule has 0 spiro atoms. The summed E-state index contributed by atoms with van der Waals surface area (Å²) in [6.07, 6.45) is 4.10. The zero-order chi connectivity index (χ0) is 15.0. The van der Waals surface area contributed by atoms with Crippen molar-refractivity contribution in [2.75, 3.05) is 7.05 Å². The summed E-state index contributed by atoms with van der Waals surface area (Å²) in [7, 11) is 1.64. The Morgan fingerprint density at radius 3 is 2.81 bits per heavy atom. The fraction of sp³-hybridized carbons (Fsp3) is 0.214. The smallest absolute Gasteiger partial charge is 0.194 e. The second-order valence-corrected chi connectivity index (χ2v) is 5.51. The van der Waals surface area contributed by atoms with Crippen LogP contribution in [0.5, 0.6) is 0 Å². The SMILES string of the molecule is CNC(Cc1cn2ccsc2n1)c1ccc(F)c(F)c1F. The maximum absolute atomic E-state index is 13.9. The Morgan fingerprint density at radius 2 is 2.10 bits per heavy atom. The maximum Gasteiger partial charge on any atom is 0.194 e. The number of rotatable bonds is 4. The third-order valence-electron chi connectivity index (χ3n) is 3.35. The van der Waals surface area contributed by atoms with E-state index in [0.717, 1.165) is 16.7 Å². The van der Waals surface area contributed by atoms with Gasteiger partial charge in [-0.3, -0.25) is 4.40 Å². The van der Waals surface area contributed by atoms with Gasteiger partial charge in [-0.25, -0.2) is 18.2 Å². The Balaban J connectivity index is 1.91. The second-order valence-electron chi connectivity index (χ2n) is 4.64. The monoisotopic (exact) mass is 311 g/mol. The molecular weight excluding hydrogens is 299 g/mol. The lowest BCUT2D eigenvalue weighted by Gasteiger charge is -2.16. The van der Waals surface area contributed by atoms with Crippen LogP contribution in [-0.4, -0.2) is 16.4 Å². The first-order valence-corrected chi connectivity index (χ1v) is 7.20. The molecule has 1 aromatic carbocycles. The van der Waals surface area contributed by atoms with Gasteiger partial charge < -0.3 is 5.32 Å². The van der Waals surface area contributed by atoms with Gasteiger partial charge in [-0.05, 0) is 13.1 Å². The number of aromatic nitrogens is 2. The van der Waals surface area contributed by atoms with Crippen LogP contribution in [-0.2, 0) is 6.42 Å². The molecule has 110 valence electrons. The average molecular weight is 311 g/mol. The van der Waals surface area contributed by atoms with Gasteiger partial charge in [0.05, 0.1) is 5.69 Å². The predicted molar refractivity (Wildman–Crippen MR) is 74.9 cm³/mol. The van der Waals surface area contributed by atoms with Crippen molar-refractivity contribution in [3.05, 3.63) is 58.6 Å². The van der Waals surface area contributed by atoms with Crippen molar-refractivity contribution in [2.45, 2.75) is 12.5 Å². The molecule has 0 aliphatic carbocycles. The van der Waals surface area contributed by atoms with Crippen LogP contribution in [0.1, 0.15) is 17.3 Å². The second kappa shape index (κ2) is 5.50. The fourth-order valence-electron chi connectivity index (χ4n) is 2.26. The van der Waals surface area contributed by atoms with Crippen LogP contribution < -0.4 is 5.32 Å². The predicted octanol–water partition coefficient (Wildman–Crippen LogP) is 3.32. The van der Waals surface area contributed by atoms with Gasteiger partial charge in [-0.1, -0.05) is 6.07 Å². The van der Waals surface area contributed by atoms with E-state index >= 15 is 0 Å². The number of nitrogens with one attached hydrogen (secondary N) is 1. The molecule has 3 nitrogen and oxygen atoms in total. The maximum atomic E-state index is 13.9. The van der Waals surface area contributed by atoms with Gasteiger partial charge in [-0.15, -0.1) is 11.3 Å². The van der Waals surface area contributed by atoms with Crippen molar-refractivity contribution >= 4 is 16.3 Å². The Bertz CT molecular complexity index is 752. The van der Waals surface area contributed by atoms with Gasteiger partial charge in [0.25, 0.3) is 0 Å². The summed E-state index contributed by atoms with van der Waals surface area (Å²) in [5, 5.41) is 4.83. The van der Waals surface area contributed by atoms with Crippen LogP contribution in [0.4, 0.5) is 13.2 Å². The van der Waals surface area contributed by atoms with Gasteiger partial charge in [-0.2, -0.15) is 0 Å². The van der Waals surface area contributed by atoms with Gasteiger partial charge in [0, 0.05) is 35.8 Å². The minimum atomic E-state index is -1.45. The van der Waals surface area contributed by atoms with E-state index in [2.05, 4.69) is 10.3 Å². The number of likely N-dealkylation sites (N-methyl/N-ethyl adjacent to an activating group) is 1. The zero-order valence-electron chi connectivity index (χ0n) is 11.1.